The van der Waals surface area contributed by atoms with Gasteiger partial charge in [-0.05, 0) is 37.0 Å². The van der Waals surface area contributed by atoms with Gasteiger partial charge in [-0.3, -0.25) is 18.7 Å². The normalized spacial score (nSPS) is 15.6. The summed E-state index contributed by atoms with van der Waals surface area (Å²) in [6, 6.07) is 12.7. The van der Waals surface area contributed by atoms with Crippen molar-refractivity contribution >= 4 is 29.2 Å². The number of aromatic nitrogens is 2. The molecule has 3 amide bonds. The third-order valence-electron chi connectivity index (χ3n) is 7.93. The zero-order valence-corrected chi connectivity index (χ0v) is 24.4. The average molecular weight is 596 g/mol. The summed E-state index contributed by atoms with van der Waals surface area (Å²) in [5, 5.41) is 3.24. The van der Waals surface area contributed by atoms with Gasteiger partial charge in [0.25, 0.3) is 5.56 Å². The Morgan fingerprint density at radius 3 is 2.50 bits per heavy atom. The van der Waals surface area contributed by atoms with E-state index in [1.165, 1.54) is 25.0 Å². The number of urea groups is 1. The molecule has 1 N–H and O–H groups in total. The number of carbonyl (C=O) groups is 2. The summed E-state index contributed by atoms with van der Waals surface area (Å²) in [5.41, 5.74) is 1.37. The fourth-order valence-corrected chi connectivity index (χ4v) is 5.92. The number of methoxy groups -OCH3 is 2. The number of para-hydroxylation sites is 1. The molecule has 3 heterocycles. The molecular formula is C30H34ClN5O6. The van der Waals surface area contributed by atoms with Crippen LogP contribution in [0.25, 0.3) is 11.1 Å². The van der Waals surface area contributed by atoms with Crippen molar-refractivity contribution < 1.29 is 19.1 Å². The topological polar surface area (TPSA) is 115 Å². The number of rotatable bonds is 8. The monoisotopic (exact) mass is 595 g/mol. The van der Waals surface area contributed by atoms with Crippen LogP contribution in [-0.2, 0) is 29.0 Å². The molecule has 0 bridgehead atoms. The molecule has 0 radical (unpaired) electrons. The van der Waals surface area contributed by atoms with Crippen molar-refractivity contribution in [2.75, 3.05) is 45.8 Å². The summed E-state index contributed by atoms with van der Waals surface area (Å²) >= 11 is 6.52. The number of amides is 3. The van der Waals surface area contributed by atoms with Crippen molar-refractivity contribution in [1.29, 1.82) is 0 Å². The molecule has 0 atom stereocenters. The second-order valence-electron chi connectivity index (χ2n) is 10.4. The molecule has 42 heavy (non-hydrogen) atoms. The van der Waals surface area contributed by atoms with Crippen LogP contribution in [-0.4, -0.2) is 77.4 Å². The quantitative estimate of drug-likeness (QED) is 0.428. The Morgan fingerprint density at radius 1 is 1.00 bits per heavy atom. The third-order valence-corrected chi connectivity index (χ3v) is 8.32. The Morgan fingerprint density at radius 2 is 1.76 bits per heavy atom. The highest BCUT2D eigenvalue weighted by Crippen LogP contribution is 2.33. The number of ether oxygens (including phenoxy) is 2. The minimum Gasteiger partial charge on any atom is -0.495 e. The van der Waals surface area contributed by atoms with Gasteiger partial charge in [0.2, 0.25) is 5.91 Å². The molecular weight excluding hydrogens is 562 g/mol. The fraction of sp³-hybridized carbons (Fsp3) is 0.400. The van der Waals surface area contributed by atoms with E-state index in [1.54, 1.807) is 23.1 Å². The van der Waals surface area contributed by atoms with E-state index in [0.29, 0.717) is 43.8 Å². The van der Waals surface area contributed by atoms with Crippen LogP contribution < -0.4 is 21.3 Å². The van der Waals surface area contributed by atoms with Crippen LogP contribution in [0.15, 0.2) is 58.3 Å². The second kappa shape index (κ2) is 12.8. The highest BCUT2D eigenvalue weighted by molar-refractivity contribution is 6.34. The minimum atomic E-state index is -0.608. The molecule has 5 rings (SSSR count). The molecule has 3 aromatic rings. The zero-order valence-electron chi connectivity index (χ0n) is 23.7. The van der Waals surface area contributed by atoms with Gasteiger partial charge in [-0.25, -0.2) is 9.59 Å². The summed E-state index contributed by atoms with van der Waals surface area (Å²) in [4.78, 5) is 56.6. The lowest BCUT2D eigenvalue weighted by atomic mass is 10.0. The first-order chi connectivity index (χ1) is 20.3. The molecule has 1 aromatic heterocycles. The highest BCUT2D eigenvalue weighted by Gasteiger charge is 2.31. The molecule has 0 unspecified atom stereocenters. The van der Waals surface area contributed by atoms with Crippen molar-refractivity contribution in [2.45, 2.75) is 38.4 Å². The van der Waals surface area contributed by atoms with Gasteiger partial charge < -0.3 is 24.6 Å². The van der Waals surface area contributed by atoms with Gasteiger partial charge in [0, 0.05) is 50.2 Å². The van der Waals surface area contributed by atoms with Gasteiger partial charge in [-0.15, -0.1) is 0 Å². The number of anilines is 1. The molecule has 2 aliphatic rings. The number of hydrogen-bond acceptors (Lipinski definition) is 6. The van der Waals surface area contributed by atoms with Gasteiger partial charge in [0.05, 0.1) is 30.8 Å². The number of benzene rings is 2. The van der Waals surface area contributed by atoms with Crippen molar-refractivity contribution in [3.63, 3.8) is 0 Å². The molecule has 11 nitrogen and oxygen atoms in total. The lowest BCUT2D eigenvalue weighted by Crippen LogP contribution is -2.51. The van der Waals surface area contributed by atoms with Crippen LogP contribution in [0, 0.1) is 0 Å². The van der Waals surface area contributed by atoms with E-state index in [1.807, 2.05) is 29.2 Å². The standard InChI is InChI=1S/C30H34ClN5O6/c1-41-17-16-36-28(38)23(22-7-5-9-25(42-2)27(22)31)18-34(30(36)40)19-26(37)33-13-11-21(12-14-33)35-15-10-20-6-3-4-8-24(20)32-29(35)39/h3-9,18,21H,10-17,19H2,1-2H3,(H,32,39). The number of piperidine rings is 1. The summed E-state index contributed by atoms with van der Waals surface area (Å²) in [6.07, 6.45) is 3.40. The number of carbonyl (C=O) groups excluding carboxylic acids is 2. The van der Waals surface area contributed by atoms with Crippen LogP contribution in [0.2, 0.25) is 5.02 Å². The molecule has 12 heteroatoms. The maximum atomic E-state index is 13.4. The van der Waals surface area contributed by atoms with Gasteiger partial charge >= 0.3 is 11.7 Å². The fourth-order valence-electron chi connectivity index (χ4n) is 5.62. The molecule has 222 valence electrons. The smallest absolute Gasteiger partial charge is 0.331 e. The first kappa shape index (κ1) is 29.4. The maximum absolute atomic E-state index is 13.4. The summed E-state index contributed by atoms with van der Waals surface area (Å²) in [6.45, 7) is 1.42. The van der Waals surface area contributed by atoms with E-state index >= 15 is 0 Å². The van der Waals surface area contributed by atoms with Crippen molar-refractivity contribution in [3.8, 4) is 16.9 Å². The molecule has 2 aliphatic heterocycles. The number of hydrogen-bond donors (Lipinski definition) is 1. The lowest BCUT2D eigenvalue weighted by molar-refractivity contribution is -0.133. The van der Waals surface area contributed by atoms with Crippen molar-refractivity contribution in [3.05, 3.63) is 80.1 Å². The molecule has 1 saturated heterocycles. The second-order valence-corrected chi connectivity index (χ2v) is 10.7. The molecule has 0 aliphatic carbocycles. The first-order valence-electron chi connectivity index (χ1n) is 13.9. The summed E-state index contributed by atoms with van der Waals surface area (Å²) in [7, 11) is 2.95. The van der Waals surface area contributed by atoms with Gasteiger partial charge in [-0.2, -0.15) is 0 Å². The summed E-state index contributed by atoms with van der Waals surface area (Å²) in [5.74, 6) is 0.138. The molecule has 0 spiro atoms. The Bertz CT molecular complexity index is 1590. The Hall–Kier alpha value is -4.09. The van der Waals surface area contributed by atoms with E-state index in [-0.39, 0.29) is 48.3 Å². The molecule has 0 saturated carbocycles. The van der Waals surface area contributed by atoms with E-state index in [4.69, 9.17) is 21.1 Å². The number of halogens is 1. The van der Waals surface area contributed by atoms with Crippen molar-refractivity contribution in [1.82, 2.24) is 18.9 Å². The summed E-state index contributed by atoms with van der Waals surface area (Å²) < 4.78 is 12.7. The van der Waals surface area contributed by atoms with Gasteiger partial charge in [-0.1, -0.05) is 41.9 Å². The van der Waals surface area contributed by atoms with E-state index < -0.39 is 11.2 Å². The van der Waals surface area contributed by atoms with Gasteiger partial charge in [0.15, 0.2) is 0 Å². The minimum absolute atomic E-state index is 0.00355. The molecule has 1 fully saturated rings. The Balaban J connectivity index is 1.33. The largest absolute Gasteiger partial charge is 0.495 e. The lowest BCUT2D eigenvalue weighted by Gasteiger charge is -2.38. The average Bonchev–Trinajstić information content (AvgIpc) is 3.17. The number of nitrogens with zero attached hydrogens (tertiary/aromatic N) is 4. The first-order valence-corrected chi connectivity index (χ1v) is 14.3. The van der Waals surface area contributed by atoms with Crippen molar-refractivity contribution in [2.24, 2.45) is 0 Å². The SMILES string of the molecule is COCCn1c(=O)c(-c2cccc(OC)c2Cl)cn(CC(=O)N2CCC(N3CCc4ccccc4NC3=O)CC2)c1=O. The number of nitrogens with one attached hydrogen (secondary N) is 1. The predicted octanol–water partition coefficient (Wildman–Crippen LogP) is 3.07. The number of likely N-dealkylation sites (tertiary alicyclic amines) is 1. The molecule has 2 aromatic carbocycles. The Kier molecular flexibility index (Phi) is 8.98. The highest BCUT2D eigenvalue weighted by atomic mass is 35.5. The Labute approximate surface area is 248 Å². The zero-order chi connectivity index (χ0) is 29.8. The van der Waals surface area contributed by atoms with Crippen LogP contribution >= 0.6 is 11.6 Å². The van der Waals surface area contributed by atoms with E-state index in [0.717, 1.165) is 22.2 Å². The number of fused-ring (bicyclic) bond motifs is 1. The third kappa shape index (κ3) is 5.93. The van der Waals surface area contributed by atoms with E-state index in [2.05, 4.69) is 5.32 Å². The van der Waals surface area contributed by atoms with Crippen LogP contribution in [0.5, 0.6) is 5.75 Å². The van der Waals surface area contributed by atoms with Crippen LogP contribution in [0.3, 0.4) is 0 Å². The maximum Gasteiger partial charge on any atom is 0.331 e. The predicted molar refractivity (Wildman–Crippen MR) is 159 cm³/mol. The van der Waals surface area contributed by atoms with Gasteiger partial charge in [0.1, 0.15) is 12.3 Å². The van der Waals surface area contributed by atoms with Crippen LogP contribution in [0.1, 0.15) is 18.4 Å². The van der Waals surface area contributed by atoms with Crippen LogP contribution in [0.4, 0.5) is 10.5 Å². The van der Waals surface area contributed by atoms with E-state index in [9.17, 15) is 19.2 Å².